The summed E-state index contributed by atoms with van der Waals surface area (Å²) in [7, 11) is 0. The number of carbonyl (C=O) groups is 1. The maximum Gasteiger partial charge on any atom is 0.244 e. The average Bonchev–Trinajstić information content (AvgIpc) is 2.29. The number of hydrogen-bond acceptors (Lipinski definition) is 3. The van der Waals surface area contributed by atoms with E-state index in [1.807, 2.05) is 0 Å². The number of nitrogens with one attached hydrogen (secondary N) is 1. The van der Waals surface area contributed by atoms with E-state index >= 15 is 0 Å². The normalized spacial score (nSPS) is 12.4. The molecule has 0 radical (unpaired) electrons. The molecule has 88 valence electrons. The molecule has 0 spiro atoms. The lowest BCUT2D eigenvalue weighted by Gasteiger charge is -2.05. The fourth-order valence-corrected chi connectivity index (χ4v) is 1.44. The summed E-state index contributed by atoms with van der Waals surface area (Å²) in [5.41, 5.74) is 0.224. The molecule has 1 atom stereocenters. The van der Waals surface area contributed by atoms with E-state index in [1.54, 1.807) is 24.3 Å². The second kappa shape index (κ2) is 4.59. The first-order valence-electron chi connectivity index (χ1n) is 5.06. The summed E-state index contributed by atoms with van der Waals surface area (Å²) in [6, 6.07) is 8.06. The summed E-state index contributed by atoms with van der Waals surface area (Å²) in [4.78, 5) is 23.1. The molecule has 2 rings (SSSR count). The summed E-state index contributed by atoms with van der Waals surface area (Å²) in [6.45, 7) is 1.54. The van der Waals surface area contributed by atoms with E-state index in [-0.39, 0.29) is 11.3 Å². The first-order chi connectivity index (χ1) is 8.08. The van der Waals surface area contributed by atoms with E-state index in [1.165, 1.54) is 13.0 Å². The second-order valence-corrected chi connectivity index (χ2v) is 4.23. The topological polar surface area (TPSA) is 59.3 Å². The molecular weight excluding hydrogens is 242 g/mol. The Bertz CT molecular complexity index is 618. The van der Waals surface area contributed by atoms with E-state index in [9.17, 15) is 9.59 Å². The first kappa shape index (κ1) is 11.7. The molecule has 17 heavy (non-hydrogen) atoms. The van der Waals surface area contributed by atoms with Crippen LogP contribution in [0.15, 0.2) is 39.5 Å². The van der Waals surface area contributed by atoms with Crippen LogP contribution in [-0.2, 0) is 4.79 Å². The van der Waals surface area contributed by atoms with E-state index < -0.39 is 11.3 Å². The van der Waals surface area contributed by atoms with Crippen molar-refractivity contribution in [2.24, 2.45) is 0 Å². The van der Waals surface area contributed by atoms with Crippen LogP contribution in [0.4, 0.5) is 5.88 Å². The lowest BCUT2D eigenvalue weighted by molar-refractivity contribution is -0.115. The van der Waals surface area contributed by atoms with Crippen LogP contribution in [0.2, 0.25) is 0 Å². The maximum atomic E-state index is 11.7. The van der Waals surface area contributed by atoms with E-state index in [0.29, 0.717) is 11.0 Å². The van der Waals surface area contributed by atoms with Crippen LogP contribution in [0.3, 0.4) is 0 Å². The van der Waals surface area contributed by atoms with Crippen molar-refractivity contribution in [2.75, 3.05) is 5.32 Å². The SMILES string of the molecule is CC(Cl)C(=O)Nc1cc(=O)c2ccccc2o1. The molecule has 2 aromatic rings. The molecule has 1 aromatic heterocycles. The molecule has 0 aliphatic rings. The minimum Gasteiger partial charge on any atom is -0.440 e. The highest BCUT2D eigenvalue weighted by molar-refractivity contribution is 6.32. The number of hydrogen-bond donors (Lipinski definition) is 1. The number of rotatable bonds is 2. The van der Waals surface area contributed by atoms with Gasteiger partial charge in [-0.25, -0.2) is 0 Å². The number of alkyl halides is 1. The highest BCUT2D eigenvalue weighted by Gasteiger charge is 2.11. The molecule has 0 saturated heterocycles. The quantitative estimate of drug-likeness (QED) is 0.834. The maximum absolute atomic E-state index is 11.7. The number of carbonyl (C=O) groups excluding carboxylic acids is 1. The number of benzene rings is 1. The Morgan fingerprint density at radius 1 is 1.41 bits per heavy atom. The summed E-state index contributed by atoms with van der Waals surface area (Å²) in [5.74, 6) is -0.309. The summed E-state index contributed by atoms with van der Waals surface area (Å²) >= 11 is 5.60. The lowest BCUT2D eigenvalue weighted by atomic mass is 10.2. The fourth-order valence-electron chi connectivity index (χ4n) is 1.39. The van der Waals surface area contributed by atoms with Crippen molar-refractivity contribution in [3.8, 4) is 0 Å². The van der Waals surface area contributed by atoms with Crippen molar-refractivity contribution in [3.63, 3.8) is 0 Å². The Hall–Kier alpha value is -1.81. The van der Waals surface area contributed by atoms with Crippen LogP contribution in [0, 0.1) is 0 Å². The predicted octanol–water partition coefficient (Wildman–Crippen LogP) is 2.36. The zero-order valence-corrected chi connectivity index (χ0v) is 9.82. The molecule has 0 aliphatic carbocycles. The molecule has 5 heteroatoms. The van der Waals surface area contributed by atoms with Gasteiger partial charge < -0.3 is 4.42 Å². The van der Waals surface area contributed by atoms with E-state index in [2.05, 4.69) is 5.32 Å². The Morgan fingerprint density at radius 2 is 2.12 bits per heavy atom. The van der Waals surface area contributed by atoms with Crippen LogP contribution < -0.4 is 10.7 Å². The third kappa shape index (κ3) is 2.47. The Kier molecular flexibility index (Phi) is 3.15. The van der Waals surface area contributed by atoms with Gasteiger partial charge in [0.15, 0.2) is 5.43 Å². The first-order valence-corrected chi connectivity index (χ1v) is 5.49. The number of para-hydroxylation sites is 1. The minimum atomic E-state index is -0.688. The van der Waals surface area contributed by atoms with Gasteiger partial charge in [0.2, 0.25) is 11.8 Å². The summed E-state index contributed by atoms with van der Waals surface area (Å²) in [5, 5.41) is 2.22. The molecule has 1 amide bonds. The van der Waals surface area contributed by atoms with Gasteiger partial charge in [0, 0.05) is 6.07 Å². The van der Waals surface area contributed by atoms with Crippen molar-refractivity contribution in [1.29, 1.82) is 0 Å². The molecule has 0 bridgehead atoms. The Labute approximate surface area is 102 Å². The van der Waals surface area contributed by atoms with Gasteiger partial charge in [0.25, 0.3) is 0 Å². The molecule has 1 heterocycles. The van der Waals surface area contributed by atoms with Gasteiger partial charge in [-0.15, -0.1) is 11.6 Å². The lowest BCUT2D eigenvalue weighted by Crippen LogP contribution is -2.21. The Balaban J connectivity index is 2.44. The van der Waals surface area contributed by atoms with Crippen molar-refractivity contribution < 1.29 is 9.21 Å². The van der Waals surface area contributed by atoms with Gasteiger partial charge in [-0.05, 0) is 19.1 Å². The number of halogens is 1. The van der Waals surface area contributed by atoms with Gasteiger partial charge in [-0.1, -0.05) is 12.1 Å². The highest BCUT2D eigenvalue weighted by atomic mass is 35.5. The average molecular weight is 252 g/mol. The van der Waals surface area contributed by atoms with E-state index in [0.717, 1.165) is 0 Å². The molecule has 0 fully saturated rings. The molecule has 4 nitrogen and oxygen atoms in total. The number of amides is 1. The zero-order chi connectivity index (χ0) is 12.4. The smallest absolute Gasteiger partial charge is 0.244 e. The fraction of sp³-hybridized carbons (Fsp3) is 0.167. The Morgan fingerprint density at radius 3 is 2.82 bits per heavy atom. The molecular formula is C12H10ClNO3. The summed E-state index contributed by atoms with van der Waals surface area (Å²) < 4.78 is 5.37. The van der Waals surface area contributed by atoms with Crippen LogP contribution >= 0.6 is 11.6 Å². The predicted molar refractivity (Wildman–Crippen MR) is 66.4 cm³/mol. The van der Waals surface area contributed by atoms with Crippen molar-refractivity contribution >= 4 is 34.4 Å². The minimum absolute atomic E-state index is 0.103. The van der Waals surface area contributed by atoms with Gasteiger partial charge in [-0.2, -0.15) is 0 Å². The van der Waals surface area contributed by atoms with Crippen molar-refractivity contribution in [3.05, 3.63) is 40.6 Å². The third-order valence-corrected chi connectivity index (χ3v) is 2.44. The molecule has 0 saturated carbocycles. The number of anilines is 1. The van der Waals surface area contributed by atoms with Gasteiger partial charge in [0.1, 0.15) is 11.0 Å². The van der Waals surface area contributed by atoms with Crippen LogP contribution in [0.1, 0.15) is 6.92 Å². The van der Waals surface area contributed by atoms with Crippen molar-refractivity contribution in [2.45, 2.75) is 12.3 Å². The third-order valence-electron chi connectivity index (χ3n) is 2.24. The highest BCUT2D eigenvalue weighted by Crippen LogP contribution is 2.15. The summed E-state index contributed by atoms with van der Waals surface area (Å²) in [6.07, 6.45) is 0. The molecule has 1 unspecified atom stereocenters. The van der Waals surface area contributed by atoms with Crippen LogP contribution in [0.5, 0.6) is 0 Å². The van der Waals surface area contributed by atoms with Gasteiger partial charge in [0.05, 0.1) is 5.39 Å². The zero-order valence-electron chi connectivity index (χ0n) is 9.07. The molecule has 1 N–H and O–H groups in total. The van der Waals surface area contributed by atoms with Crippen LogP contribution in [-0.4, -0.2) is 11.3 Å². The van der Waals surface area contributed by atoms with Gasteiger partial charge >= 0.3 is 0 Å². The molecule has 1 aromatic carbocycles. The number of fused-ring (bicyclic) bond motifs is 1. The monoisotopic (exact) mass is 251 g/mol. The molecule has 0 aliphatic heterocycles. The second-order valence-electron chi connectivity index (χ2n) is 3.58. The van der Waals surface area contributed by atoms with Crippen LogP contribution in [0.25, 0.3) is 11.0 Å². The van der Waals surface area contributed by atoms with Crippen molar-refractivity contribution in [1.82, 2.24) is 0 Å². The largest absolute Gasteiger partial charge is 0.440 e. The standard InChI is InChI=1S/C12H10ClNO3/c1-7(13)12(16)14-11-6-9(15)8-4-2-3-5-10(8)17-11/h2-7H,1H3,(H,14,16). The van der Waals surface area contributed by atoms with E-state index in [4.69, 9.17) is 16.0 Å². The van der Waals surface area contributed by atoms with Gasteiger partial charge in [-0.3, -0.25) is 14.9 Å².